The molecule has 7 heteroatoms. The fourth-order valence-electron chi connectivity index (χ4n) is 2.72. The molecule has 0 saturated heterocycles. The molecule has 0 bridgehead atoms. The molecule has 0 amide bonds. The van der Waals surface area contributed by atoms with Crippen LogP contribution in [0, 0.1) is 5.82 Å². The molecule has 0 heterocycles. The largest absolute Gasteiger partial charge is 0.489 e. The van der Waals surface area contributed by atoms with E-state index < -0.39 is 10.0 Å². The molecule has 3 aromatic rings. The second-order valence-corrected chi connectivity index (χ2v) is 8.78. The molecule has 0 N–H and O–H groups in total. The average molecular weight is 464 g/mol. The summed E-state index contributed by atoms with van der Waals surface area (Å²) in [6.07, 6.45) is 0. The second-order valence-electron chi connectivity index (χ2n) is 6.00. The molecule has 0 atom stereocenters. The van der Waals surface area contributed by atoms with Gasteiger partial charge in [0.25, 0.3) is 10.0 Å². The van der Waals surface area contributed by atoms with Crippen LogP contribution in [0.4, 0.5) is 10.1 Å². The first kappa shape index (κ1) is 20.4. The number of ether oxygens (including phenoxy) is 1. The zero-order valence-corrected chi connectivity index (χ0v) is 17.6. The molecule has 0 spiro atoms. The van der Waals surface area contributed by atoms with Gasteiger partial charge in [-0.25, -0.2) is 12.8 Å². The van der Waals surface area contributed by atoms with Crippen molar-refractivity contribution in [1.29, 1.82) is 0 Å². The summed E-state index contributed by atoms with van der Waals surface area (Å²) >= 11 is 3.21. The molecule has 0 fully saturated rings. The van der Waals surface area contributed by atoms with Crippen molar-refractivity contribution in [3.05, 3.63) is 88.6 Å². The fraction of sp³-hybridized carbons (Fsp3) is 0.143. The van der Waals surface area contributed by atoms with Crippen LogP contribution in [-0.4, -0.2) is 15.0 Å². The topological polar surface area (TPSA) is 46.6 Å². The minimum absolute atomic E-state index is 0.0519. The van der Waals surface area contributed by atoms with Crippen molar-refractivity contribution in [3.8, 4) is 5.75 Å². The first-order valence-electron chi connectivity index (χ1n) is 8.66. The molecular formula is C21H19BrFNO3S. The molecule has 0 aromatic heterocycles. The summed E-state index contributed by atoms with van der Waals surface area (Å²) in [6, 6.07) is 19.8. The SMILES string of the molecule is CCN(c1ccccc1)S(=O)(=O)c1ccc(OCc2ccc(Br)cc2F)cc1. The Labute approximate surface area is 172 Å². The molecule has 4 nitrogen and oxygen atoms in total. The van der Waals surface area contributed by atoms with Crippen LogP contribution in [0.1, 0.15) is 12.5 Å². The van der Waals surface area contributed by atoms with E-state index in [1.807, 2.05) is 6.07 Å². The third-order valence-corrected chi connectivity index (χ3v) is 6.56. The minimum atomic E-state index is -3.69. The van der Waals surface area contributed by atoms with E-state index in [0.29, 0.717) is 28.0 Å². The summed E-state index contributed by atoms with van der Waals surface area (Å²) in [5.41, 5.74) is 1.03. The number of sulfonamides is 1. The van der Waals surface area contributed by atoms with Gasteiger partial charge in [-0.05, 0) is 55.5 Å². The van der Waals surface area contributed by atoms with Gasteiger partial charge in [0, 0.05) is 16.6 Å². The number of halogens is 2. The molecule has 3 rings (SSSR count). The van der Waals surface area contributed by atoms with E-state index in [0.717, 1.165) is 0 Å². The van der Waals surface area contributed by atoms with Gasteiger partial charge in [0.15, 0.2) is 0 Å². The number of nitrogens with zero attached hydrogens (tertiary/aromatic N) is 1. The van der Waals surface area contributed by atoms with Crippen LogP contribution in [0.25, 0.3) is 0 Å². The van der Waals surface area contributed by atoms with Gasteiger partial charge in [-0.1, -0.05) is 40.2 Å². The molecule has 3 aromatic carbocycles. The molecule has 28 heavy (non-hydrogen) atoms. The highest BCUT2D eigenvalue weighted by Gasteiger charge is 2.23. The third kappa shape index (κ3) is 4.54. The molecule has 0 radical (unpaired) electrons. The fourth-order valence-corrected chi connectivity index (χ4v) is 4.53. The Balaban J connectivity index is 1.75. The van der Waals surface area contributed by atoms with E-state index in [4.69, 9.17) is 4.74 Å². The summed E-state index contributed by atoms with van der Waals surface area (Å²) in [5.74, 6) is 0.0963. The lowest BCUT2D eigenvalue weighted by Crippen LogP contribution is -2.30. The molecule has 0 aliphatic rings. The molecule has 0 aliphatic heterocycles. The lowest BCUT2D eigenvalue weighted by Gasteiger charge is -2.23. The standard InChI is InChI=1S/C21H19BrFNO3S/c1-2-24(18-6-4-3-5-7-18)28(25,26)20-12-10-19(11-13-20)27-15-16-8-9-17(22)14-21(16)23/h3-14H,2,15H2,1H3. The Morgan fingerprint density at radius 1 is 1.00 bits per heavy atom. The smallest absolute Gasteiger partial charge is 0.264 e. The normalized spacial score (nSPS) is 11.2. The maximum absolute atomic E-state index is 13.9. The molecule has 0 unspecified atom stereocenters. The van der Waals surface area contributed by atoms with E-state index >= 15 is 0 Å². The monoisotopic (exact) mass is 463 g/mol. The summed E-state index contributed by atoms with van der Waals surface area (Å²) in [6.45, 7) is 2.15. The highest BCUT2D eigenvalue weighted by atomic mass is 79.9. The van der Waals surface area contributed by atoms with Crippen LogP contribution in [0.3, 0.4) is 0 Å². The Morgan fingerprint density at radius 3 is 2.29 bits per heavy atom. The van der Waals surface area contributed by atoms with Gasteiger partial charge in [-0.15, -0.1) is 0 Å². The Kier molecular flexibility index (Phi) is 6.36. The minimum Gasteiger partial charge on any atom is -0.489 e. The van der Waals surface area contributed by atoms with Crippen molar-refractivity contribution in [1.82, 2.24) is 0 Å². The van der Waals surface area contributed by atoms with Crippen LogP contribution < -0.4 is 9.04 Å². The van der Waals surface area contributed by atoms with Crippen LogP contribution in [-0.2, 0) is 16.6 Å². The Hall–Kier alpha value is -2.38. The van der Waals surface area contributed by atoms with Crippen LogP contribution in [0.15, 0.2) is 82.2 Å². The summed E-state index contributed by atoms with van der Waals surface area (Å²) in [7, 11) is -3.69. The highest BCUT2D eigenvalue weighted by molar-refractivity contribution is 9.10. The first-order chi connectivity index (χ1) is 13.4. The summed E-state index contributed by atoms with van der Waals surface area (Å²) < 4.78 is 47.4. The van der Waals surface area contributed by atoms with Crippen molar-refractivity contribution in [2.75, 3.05) is 10.8 Å². The number of anilines is 1. The quantitative estimate of drug-likeness (QED) is 0.472. The number of benzene rings is 3. The van der Waals surface area contributed by atoms with Crippen molar-refractivity contribution in [2.24, 2.45) is 0 Å². The maximum atomic E-state index is 13.9. The zero-order chi connectivity index (χ0) is 20.1. The van der Waals surface area contributed by atoms with Crippen molar-refractivity contribution in [2.45, 2.75) is 18.4 Å². The highest BCUT2D eigenvalue weighted by Crippen LogP contribution is 2.25. The second kappa shape index (κ2) is 8.75. The van der Waals surface area contributed by atoms with Gasteiger partial charge in [-0.2, -0.15) is 0 Å². The van der Waals surface area contributed by atoms with E-state index in [1.165, 1.54) is 22.5 Å². The molecular weight excluding hydrogens is 445 g/mol. The van der Waals surface area contributed by atoms with Crippen LogP contribution in [0.5, 0.6) is 5.75 Å². The van der Waals surface area contributed by atoms with Gasteiger partial charge in [0.2, 0.25) is 0 Å². The van der Waals surface area contributed by atoms with Gasteiger partial charge in [0.05, 0.1) is 10.6 Å². The van der Waals surface area contributed by atoms with E-state index in [9.17, 15) is 12.8 Å². The first-order valence-corrected chi connectivity index (χ1v) is 10.9. The van der Waals surface area contributed by atoms with Crippen molar-refractivity contribution >= 4 is 31.6 Å². The number of hydrogen-bond acceptors (Lipinski definition) is 3. The predicted octanol–water partition coefficient (Wildman–Crippen LogP) is 5.38. The number of hydrogen-bond donors (Lipinski definition) is 0. The number of rotatable bonds is 7. The summed E-state index contributed by atoms with van der Waals surface area (Å²) in [4.78, 5) is 0.167. The van der Waals surface area contributed by atoms with Crippen LogP contribution >= 0.6 is 15.9 Å². The lowest BCUT2D eigenvalue weighted by atomic mass is 10.2. The summed E-state index contributed by atoms with van der Waals surface area (Å²) in [5, 5.41) is 0. The van der Waals surface area contributed by atoms with Gasteiger partial charge in [-0.3, -0.25) is 4.31 Å². The van der Waals surface area contributed by atoms with Gasteiger partial charge in [0.1, 0.15) is 18.2 Å². The average Bonchev–Trinajstić information content (AvgIpc) is 2.69. The Bertz CT molecular complexity index is 1040. The van der Waals surface area contributed by atoms with E-state index in [2.05, 4.69) is 15.9 Å². The predicted molar refractivity (Wildman–Crippen MR) is 112 cm³/mol. The molecule has 146 valence electrons. The van der Waals surface area contributed by atoms with Gasteiger partial charge >= 0.3 is 0 Å². The molecule has 0 saturated carbocycles. The van der Waals surface area contributed by atoms with E-state index in [-0.39, 0.29) is 17.3 Å². The lowest BCUT2D eigenvalue weighted by molar-refractivity contribution is 0.299. The zero-order valence-electron chi connectivity index (χ0n) is 15.2. The third-order valence-electron chi connectivity index (χ3n) is 4.15. The van der Waals surface area contributed by atoms with E-state index in [1.54, 1.807) is 55.5 Å². The van der Waals surface area contributed by atoms with Crippen molar-refractivity contribution < 1.29 is 17.5 Å². The molecule has 0 aliphatic carbocycles. The number of para-hydroxylation sites is 1. The van der Waals surface area contributed by atoms with Gasteiger partial charge < -0.3 is 4.74 Å². The van der Waals surface area contributed by atoms with Crippen molar-refractivity contribution in [3.63, 3.8) is 0 Å². The van der Waals surface area contributed by atoms with Crippen LogP contribution in [0.2, 0.25) is 0 Å². The Morgan fingerprint density at radius 2 is 1.68 bits per heavy atom. The maximum Gasteiger partial charge on any atom is 0.264 e.